The number of likely N-dealkylation sites (N-methyl/N-ethyl adjacent to an activating group) is 1. The third-order valence-electron chi connectivity index (χ3n) is 2.98. The number of halogens is 1. The van der Waals surface area contributed by atoms with Crippen LogP contribution in [0.25, 0.3) is 0 Å². The number of nitrogens with zero attached hydrogens (tertiary/aromatic N) is 1. The lowest BCUT2D eigenvalue weighted by atomic mass is 10.0. The van der Waals surface area contributed by atoms with E-state index >= 15 is 0 Å². The van der Waals surface area contributed by atoms with Crippen molar-refractivity contribution in [3.63, 3.8) is 0 Å². The van der Waals surface area contributed by atoms with Crippen molar-refractivity contribution in [2.45, 2.75) is 32.7 Å². The lowest BCUT2D eigenvalue weighted by molar-refractivity contribution is 0.520. The summed E-state index contributed by atoms with van der Waals surface area (Å²) in [5.74, 6) is 0. The SMILES string of the molecule is CCNC(Cc1ccc(I)cc1)Cc1nc(C)cs1. The fourth-order valence-electron chi connectivity index (χ4n) is 2.12. The van der Waals surface area contributed by atoms with Crippen LogP contribution in [-0.4, -0.2) is 17.6 Å². The van der Waals surface area contributed by atoms with Gasteiger partial charge in [0.1, 0.15) is 0 Å². The van der Waals surface area contributed by atoms with Gasteiger partial charge in [0, 0.05) is 27.1 Å². The Morgan fingerprint density at radius 2 is 2.00 bits per heavy atom. The van der Waals surface area contributed by atoms with Gasteiger partial charge in [-0.3, -0.25) is 0 Å². The molecular weight excluding hydrogens is 367 g/mol. The van der Waals surface area contributed by atoms with Crippen molar-refractivity contribution >= 4 is 33.9 Å². The van der Waals surface area contributed by atoms with Crippen LogP contribution in [0.2, 0.25) is 0 Å². The van der Waals surface area contributed by atoms with Crippen molar-refractivity contribution in [3.05, 3.63) is 49.5 Å². The lowest BCUT2D eigenvalue weighted by Crippen LogP contribution is -2.33. The molecule has 1 N–H and O–H groups in total. The summed E-state index contributed by atoms with van der Waals surface area (Å²) in [6.45, 7) is 5.22. The van der Waals surface area contributed by atoms with E-state index in [1.165, 1.54) is 14.1 Å². The monoisotopic (exact) mass is 386 g/mol. The Balaban J connectivity index is 2.01. The molecule has 4 heteroatoms. The maximum absolute atomic E-state index is 4.57. The molecule has 2 rings (SSSR count). The normalized spacial score (nSPS) is 12.6. The van der Waals surface area contributed by atoms with E-state index < -0.39 is 0 Å². The molecule has 1 aromatic heterocycles. The number of thiazole rings is 1. The molecule has 2 nitrogen and oxygen atoms in total. The summed E-state index contributed by atoms with van der Waals surface area (Å²) in [4.78, 5) is 4.57. The minimum absolute atomic E-state index is 0.468. The molecule has 19 heavy (non-hydrogen) atoms. The van der Waals surface area contributed by atoms with Crippen LogP contribution in [0.4, 0.5) is 0 Å². The Morgan fingerprint density at radius 1 is 1.26 bits per heavy atom. The van der Waals surface area contributed by atoms with Gasteiger partial charge in [0.25, 0.3) is 0 Å². The number of aryl methyl sites for hydroxylation is 1. The first-order valence-electron chi connectivity index (χ1n) is 6.56. The number of hydrogen-bond donors (Lipinski definition) is 1. The van der Waals surface area contributed by atoms with Crippen molar-refractivity contribution in [1.29, 1.82) is 0 Å². The Labute approximate surface area is 132 Å². The summed E-state index contributed by atoms with van der Waals surface area (Å²) in [5.41, 5.74) is 2.52. The van der Waals surface area contributed by atoms with Gasteiger partial charge >= 0.3 is 0 Å². The maximum atomic E-state index is 4.57. The maximum Gasteiger partial charge on any atom is 0.0943 e. The van der Waals surface area contributed by atoms with E-state index in [0.717, 1.165) is 25.1 Å². The second-order valence-electron chi connectivity index (χ2n) is 4.67. The van der Waals surface area contributed by atoms with Crippen LogP contribution in [-0.2, 0) is 12.8 Å². The van der Waals surface area contributed by atoms with Crippen LogP contribution in [0.5, 0.6) is 0 Å². The van der Waals surface area contributed by atoms with Gasteiger partial charge in [0.2, 0.25) is 0 Å². The molecule has 0 saturated heterocycles. The molecule has 0 spiro atoms. The molecule has 0 saturated carbocycles. The predicted molar refractivity (Wildman–Crippen MR) is 90.9 cm³/mol. The lowest BCUT2D eigenvalue weighted by Gasteiger charge is -2.16. The molecule has 1 aromatic carbocycles. The van der Waals surface area contributed by atoms with Crippen LogP contribution in [0.1, 0.15) is 23.2 Å². The molecule has 102 valence electrons. The molecule has 1 unspecified atom stereocenters. The van der Waals surface area contributed by atoms with E-state index in [1.54, 1.807) is 11.3 Å². The Kier molecular flexibility index (Phi) is 5.78. The quantitative estimate of drug-likeness (QED) is 0.764. The van der Waals surface area contributed by atoms with Crippen LogP contribution >= 0.6 is 33.9 Å². The highest BCUT2D eigenvalue weighted by atomic mass is 127. The predicted octanol–water partition coefficient (Wildman–Crippen LogP) is 3.82. The van der Waals surface area contributed by atoms with E-state index in [9.17, 15) is 0 Å². The minimum Gasteiger partial charge on any atom is -0.314 e. The fourth-order valence-corrected chi connectivity index (χ4v) is 3.33. The number of benzene rings is 1. The van der Waals surface area contributed by atoms with Crippen molar-refractivity contribution in [2.75, 3.05) is 6.54 Å². The number of aromatic nitrogens is 1. The van der Waals surface area contributed by atoms with E-state index in [1.807, 2.05) is 0 Å². The Morgan fingerprint density at radius 3 is 2.58 bits per heavy atom. The third kappa shape index (κ3) is 4.85. The molecule has 1 heterocycles. The highest BCUT2D eigenvalue weighted by molar-refractivity contribution is 14.1. The van der Waals surface area contributed by atoms with Gasteiger partial charge in [-0.15, -0.1) is 11.3 Å². The van der Waals surface area contributed by atoms with E-state index in [0.29, 0.717) is 6.04 Å². The molecule has 1 atom stereocenters. The molecule has 0 radical (unpaired) electrons. The zero-order chi connectivity index (χ0) is 13.7. The number of rotatable bonds is 6. The van der Waals surface area contributed by atoms with Crippen molar-refractivity contribution in [3.8, 4) is 0 Å². The van der Waals surface area contributed by atoms with Crippen molar-refractivity contribution in [2.24, 2.45) is 0 Å². The molecule has 2 aromatic rings. The van der Waals surface area contributed by atoms with Gasteiger partial charge < -0.3 is 5.32 Å². The number of nitrogens with one attached hydrogen (secondary N) is 1. The summed E-state index contributed by atoms with van der Waals surface area (Å²) in [7, 11) is 0. The average Bonchev–Trinajstić information content (AvgIpc) is 2.78. The van der Waals surface area contributed by atoms with Crippen LogP contribution in [0.15, 0.2) is 29.6 Å². The van der Waals surface area contributed by atoms with E-state index in [-0.39, 0.29) is 0 Å². The first-order chi connectivity index (χ1) is 9.17. The van der Waals surface area contributed by atoms with Crippen LogP contribution in [0.3, 0.4) is 0 Å². The summed E-state index contributed by atoms with van der Waals surface area (Å²) in [5, 5.41) is 6.93. The topological polar surface area (TPSA) is 24.9 Å². The second kappa shape index (κ2) is 7.36. The fraction of sp³-hybridized carbons (Fsp3) is 0.400. The summed E-state index contributed by atoms with van der Waals surface area (Å²) < 4.78 is 1.29. The van der Waals surface area contributed by atoms with E-state index in [2.05, 4.69) is 76.4 Å². The second-order valence-corrected chi connectivity index (χ2v) is 6.86. The smallest absolute Gasteiger partial charge is 0.0943 e. The van der Waals surface area contributed by atoms with Gasteiger partial charge in [-0.05, 0) is 60.2 Å². The average molecular weight is 386 g/mol. The van der Waals surface area contributed by atoms with Gasteiger partial charge in [-0.1, -0.05) is 19.1 Å². The van der Waals surface area contributed by atoms with E-state index in [4.69, 9.17) is 0 Å². The highest BCUT2D eigenvalue weighted by Crippen LogP contribution is 2.14. The van der Waals surface area contributed by atoms with Gasteiger partial charge in [-0.25, -0.2) is 4.98 Å². The van der Waals surface area contributed by atoms with Crippen LogP contribution < -0.4 is 5.32 Å². The standard InChI is InChI=1S/C15H19IN2S/c1-3-17-14(9-15-18-11(2)10-19-15)8-12-4-6-13(16)7-5-12/h4-7,10,14,17H,3,8-9H2,1-2H3. The molecule has 0 bridgehead atoms. The van der Waals surface area contributed by atoms with Gasteiger partial charge in [0.05, 0.1) is 5.01 Å². The minimum atomic E-state index is 0.468. The first kappa shape index (κ1) is 14.9. The number of hydrogen-bond acceptors (Lipinski definition) is 3. The zero-order valence-corrected chi connectivity index (χ0v) is 14.3. The summed E-state index contributed by atoms with van der Waals surface area (Å²) in [6, 6.07) is 9.26. The van der Waals surface area contributed by atoms with Crippen LogP contribution in [0, 0.1) is 10.5 Å². The molecule has 0 amide bonds. The molecule has 0 aliphatic rings. The Hall–Kier alpha value is -0.460. The van der Waals surface area contributed by atoms with Gasteiger partial charge in [0.15, 0.2) is 0 Å². The highest BCUT2D eigenvalue weighted by Gasteiger charge is 2.11. The summed E-state index contributed by atoms with van der Waals surface area (Å²) in [6.07, 6.45) is 2.07. The van der Waals surface area contributed by atoms with Crippen molar-refractivity contribution < 1.29 is 0 Å². The molecule has 0 aliphatic carbocycles. The summed E-state index contributed by atoms with van der Waals surface area (Å²) >= 11 is 4.11. The molecule has 0 aliphatic heterocycles. The largest absolute Gasteiger partial charge is 0.314 e. The first-order valence-corrected chi connectivity index (χ1v) is 8.52. The zero-order valence-electron chi connectivity index (χ0n) is 11.3. The Bertz CT molecular complexity index is 507. The van der Waals surface area contributed by atoms with Crippen molar-refractivity contribution in [1.82, 2.24) is 10.3 Å². The molecule has 0 fully saturated rings. The third-order valence-corrected chi connectivity index (χ3v) is 4.68. The molecular formula is C15H19IN2S. The van der Waals surface area contributed by atoms with Gasteiger partial charge in [-0.2, -0.15) is 0 Å².